The van der Waals surface area contributed by atoms with E-state index >= 15 is 0 Å². The van der Waals surface area contributed by atoms with Crippen molar-refractivity contribution in [1.82, 2.24) is 0 Å². The van der Waals surface area contributed by atoms with Crippen molar-refractivity contribution in [3.63, 3.8) is 0 Å². The summed E-state index contributed by atoms with van der Waals surface area (Å²) in [6.45, 7) is 7.12. The van der Waals surface area contributed by atoms with Crippen molar-refractivity contribution < 1.29 is 14.3 Å². The third kappa shape index (κ3) is 7.54. The molecule has 0 heterocycles. The first kappa shape index (κ1) is 11.4. The van der Waals surface area contributed by atoms with Crippen molar-refractivity contribution in [2.24, 2.45) is 0 Å². The van der Waals surface area contributed by atoms with Gasteiger partial charge in [0.2, 0.25) is 0 Å². The zero-order valence-corrected chi connectivity index (χ0v) is 7.67. The normalized spacial score (nSPS) is 9.83. The van der Waals surface area contributed by atoms with Gasteiger partial charge < -0.3 is 9.47 Å². The van der Waals surface area contributed by atoms with Gasteiger partial charge in [0, 0.05) is 6.61 Å². The standard InChI is InChI=1S/C9H17O3/c1-3-5-7-12-9(10)6-8-11-4-2/h1,3-8H2,2H3. The quantitative estimate of drug-likeness (QED) is 0.433. The number of esters is 1. The Morgan fingerprint density at radius 2 is 2.17 bits per heavy atom. The molecule has 0 aromatic carbocycles. The molecule has 0 aromatic rings. The molecule has 0 unspecified atom stereocenters. The van der Waals surface area contributed by atoms with Crippen LogP contribution in [0.3, 0.4) is 0 Å². The second kappa shape index (κ2) is 8.53. The predicted octanol–water partition coefficient (Wildman–Crippen LogP) is 1.57. The Balaban J connectivity index is 3.10. The largest absolute Gasteiger partial charge is 0.466 e. The van der Waals surface area contributed by atoms with Gasteiger partial charge >= 0.3 is 5.97 Å². The predicted molar refractivity (Wildman–Crippen MR) is 46.7 cm³/mol. The van der Waals surface area contributed by atoms with Gasteiger partial charge in [-0.25, -0.2) is 0 Å². The summed E-state index contributed by atoms with van der Waals surface area (Å²) in [5.41, 5.74) is 0. The minimum atomic E-state index is -0.183. The number of hydrogen-bond donors (Lipinski definition) is 0. The van der Waals surface area contributed by atoms with Gasteiger partial charge in [0.15, 0.2) is 0 Å². The molecule has 0 fully saturated rings. The SMILES string of the molecule is [CH2]CCCOC(=O)CCOCC. The van der Waals surface area contributed by atoms with Crippen molar-refractivity contribution in [2.75, 3.05) is 19.8 Å². The van der Waals surface area contributed by atoms with Crippen LogP contribution in [0.15, 0.2) is 0 Å². The molecule has 0 amide bonds. The molecule has 0 atom stereocenters. The molecule has 0 aromatic heterocycles. The van der Waals surface area contributed by atoms with E-state index in [9.17, 15) is 4.79 Å². The van der Waals surface area contributed by atoms with Gasteiger partial charge in [-0.3, -0.25) is 4.79 Å². The molecule has 0 bridgehead atoms. The van der Waals surface area contributed by atoms with Crippen LogP contribution in [0.4, 0.5) is 0 Å². The fourth-order valence-corrected chi connectivity index (χ4v) is 0.660. The number of carbonyl (C=O) groups excluding carboxylic acids is 1. The average Bonchev–Trinajstić information content (AvgIpc) is 2.06. The van der Waals surface area contributed by atoms with E-state index in [0.29, 0.717) is 26.2 Å². The summed E-state index contributed by atoms with van der Waals surface area (Å²) >= 11 is 0. The molecule has 12 heavy (non-hydrogen) atoms. The topological polar surface area (TPSA) is 35.5 Å². The summed E-state index contributed by atoms with van der Waals surface area (Å²) in [4.78, 5) is 10.9. The van der Waals surface area contributed by atoms with Crippen LogP contribution < -0.4 is 0 Å². The van der Waals surface area contributed by atoms with E-state index in [1.165, 1.54) is 0 Å². The van der Waals surface area contributed by atoms with Crippen molar-refractivity contribution in [2.45, 2.75) is 26.2 Å². The van der Waals surface area contributed by atoms with Gasteiger partial charge in [0.25, 0.3) is 0 Å². The Morgan fingerprint density at radius 1 is 1.42 bits per heavy atom. The number of rotatable bonds is 7. The van der Waals surface area contributed by atoms with Crippen LogP contribution in [0, 0.1) is 6.92 Å². The van der Waals surface area contributed by atoms with Crippen LogP contribution in [0.1, 0.15) is 26.2 Å². The molecule has 3 nitrogen and oxygen atoms in total. The van der Waals surface area contributed by atoms with Crippen LogP contribution in [-0.2, 0) is 14.3 Å². The van der Waals surface area contributed by atoms with E-state index in [1.54, 1.807) is 0 Å². The molecule has 3 heteroatoms. The van der Waals surface area contributed by atoms with Crippen molar-refractivity contribution in [1.29, 1.82) is 0 Å². The molecule has 0 rings (SSSR count). The van der Waals surface area contributed by atoms with Crippen LogP contribution in [0.25, 0.3) is 0 Å². The zero-order valence-electron chi connectivity index (χ0n) is 7.67. The molecule has 0 spiro atoms. The van der Waals surface area contributed by atoms with Crippen LogP contribution >= 0.6 is 0 Å². The minimum absolute atomic E-state index is 0.183. The maximum atomic E-state index is 10.9. The fraction of sp³-hybridized carbons (Fsp3) is 0.778. The lowest BCUT2D eigenvalue weighted by Gasteiger charge is -2.03. The summed E-state index contributed by atoms with van der Waals surface area (Å²) < 4.78 is 9.87. The average molecular weight is 173 g/mol. The van der Waals surface area contributed by atoms with Gasteiger partial charge in [-0.1, -0.05) is 13.3 Å². The summed E-state index contributed by atoms with van der Waals surface area (Å²) in [6.07, 6.45) is 1.99. The molecule has 0 saturated heterocycles. The molecular formula is C9H17O3. The van der Waals surface area contributed by atoms with E-state index in [0.717, 1.165) is 12.8 Å². The molecule has 1 radical (unpaired) electrons. The lowest BCUT2D eigenvalue weighted by atomic mass is 10.4. The second-order valence-electron chi connectivity index (χ2n) is 2.37. The number of hydrogen-bond acceptors (Lipinski definition) is 3. The minimum Gasteiger partial charge on any atom is -0.466 e. The lowest BCUT2D eigenvalue weighted by Crippen LogP contribution is -2.09. The summed E-state index contributed by atoms with van der Waals surface area (Å²) in [5, 5.41) is 0. The number of unbranched alkanes of at least 4 members (excludes halogenated alkanes) is 1. The Bertz CT molecular complexity index is 100. The Hall–Kier alpha value is -0.570. The van der Waals surface area contributed by atoms with Gasteiger partial charge in [-0.15, -0.1) is 0 Å². The Kier molecular flexibility index (Phi) is 8.12. The highest BCUT2D eigenvalue weighted by molar-refractivity contribution is 5.69. The molecule has 0 aliphatic heterocycles. The monoisotopic (exact) mass is 173 g/mol. The smallest absolute Gasteiger partial charge is 0.308 e. The van der Waals surface area contributed by atoms with Crippen molar-refractivity contribution in [3.05, 3.63) is 6.92 Å². The first-order valence-electron chi connectivity index (χ1n) is 4.33. The third-order valence-electron chi connectivity index (χ3n) is 1.31. The first-order chi connectivity index (χ1) is 5.81. The highest BCUT2D eigenvalue weighted by Gasteiger charge is 2.00. The van der Waals surface area contributed by atoms with E-state index in [4.69, 9.17) is 9.47 Å². The van der Waals surface area contributed by atoms with E-state index in [1.807, 2.05) is 6.92 Å². The van der Waals surface area contributed by atoms with E-state index in [2.05, 4.69) is 6.92 Å². The third-order valence-corrected chi connectivity index (χ3v) is 1.31. The second-order valence-corrected chi connectivity index (χ2v) is 2.37. The number of carbonyl (C=O) groups is 1. The van der Waals surface area contributed by atoms with Gasteiger partial charge in [-0.05, 0) is 13.3 Å². The van der Waals surface area contributed by atoms with Crippen molar-refractivity contribution >= 4 is 5.97 Å². The molecule has 0 N–H and O–H groups in total. The van der Waals surface area contributed by atoms with Crippen LogP contribution in [0.2, 0.25) is 0 Å². The zero-order chi connectivity index (χ0) is 9.23. The molecule has 0 aliphatic rings. The maximum Gasteiger partial charge on any atom is 0.308 e. The van der Waals surface area contributed by atoms with Gasteiger partial charge in [0.1, 0.15) is 0 Å². The number of ether oxygens (including phenoxy) is 2. The molecule has 0 aliphatic carbocycles. The Labute approximate surface area is 74.0 Å². The van der Waals surface area contributed by atoms with Crippen molar-refractivity contribution in [3.8, 4) is 0 Å². The lowest BCUT2D eigenvalue weighted by molar-refractivity contribution is -0.144. The first-order valence-corrected chi connectivity index (χ1v) is 4.33. The highest BCUT2D eigenvalue weighted by Crippen LogP contribution is 1.92. The summed E-state index contributed by atoms with van der Waals surface area (Å²) in [5.74, 6) is -0.183. The van der Waals surface area contributed by atoms with Gasteiger partial charge in [-0.2, -0.15) is 0 Å². The van der Waals surface area contributed by atoms with Crippen LogP contribution in [-0.4, -0.2) is 25.8 Å². The van der Waals surface area contributed by atoms with E-state index < -0.39 is 0 Å². The van der Waals surface area contributed by atoms with Crippen LogP contribution in [0.5, 0.6) is 0 Å². The Morgan fingerprint density at radius 3 is 2.75 bits per heavy atom. The molecule has 0 saturated carbocycles. The molecular weight excluding hydrogens is 156 g/mol. The summed E-state index contributed by atoms with van der Waals surface area (Å²) in [7, 11) is 0. The van der Waals surface area contributed by atoms with Gasteiger partial charge in [0.05, 0.1) is 19.6 Å². The van der Waals surface area contributed by atoms with E-state index in [-0.39, 0.29) is 5.97 Å². The maximum absolute atomic E-state index is 10.9. The highest BCUT2D eigenvalue weighted by atomic mass is 16.5. The summed E-state index contributed by atoms with van der Waals surface area (Å²) in [6, 6.07) is 0. The fourth-order valence-electron chi connectivity index (χ4n) is 0.660. The molecule has 71 valence electrons.